The number of carboxylic acid groups (broad SMARTS) is 1. The van der Waals surface area contributed by atoms with E-state index in [1.165, 1.54) is 12.1 Å². The predicted octanol–water partition coefficient (Wildman–Crippen LogP) is 3.03. The Hall–Kier alpha value is -2.87. The molecule has 27 heavy (non-hydrogen) atoms. The summed E-state index contributed by atoms with van der Waals surface area (Å²) in [6, 6.07) is 12.0. The highest BCUT2D eigenvalue weighted by Gasteiger charge is 2.30. The number of hydrogen-bond donors (Lipinski definition) is 2. The van der Waals surface area contributed by atoms with Crippen molar-refractivity contribution >= 4 is 11.9 Å². The lowest BCUT2D eigenvalue weighted by atomic mass is 10.0. The van der Waals surface area contributed by atoms with Crippen molar-refractivity contribution in [3.05, 3.63) is 71.3 Å². The fraction of sp³-hybridized carbons (Fsp3) is 0.263. The Morgan fingerprint density at radius 2 is 1.63 bits per heavy atom. The van der Waals surface area contributed by atoms with E-state index in [4.69, 9.17) is 4.74 Å². The average molecular weight is 381 g/mol. The molecule has 0 aliphatic rings. The largest absolute Gasteiger partial charge is 0.480 e. The molecule has 1 amide bonds. The predicted molar refractivity (Wildman–Crippen MR) is 90.8 cm³/mol. The molecule has 0 heterocycles. The second kappa shape index (κ2) is 9.18. The second-order valence-corrected chi connectivity index (χ2v) is 5.84. The van der Waals surface area contributed by atoms with Crippen molar-refractivity contribution in [2.24, 2.45) is 0 Å². The zero-order chi connectivity index (χ0) is 19.9. The topological polar surface area (TPSA) is 75.6 Å². The zero-order valence-electron chi connectivity index (χ0n) is 14.2. The first kappa shape index (κ1) is 20.4. The molecule has 0 unspecified atom stereocenters. The Labute approximate surface area is 153 Å². The number of carboxylic acids is 1. The molecule has 0 aliphatic heterocycles. The van der Waals surface area contributed by atoms with Gasteiger partial charge in [-0.15, -0.1) is 0 Å². The van der Waals surface area contributed by atoms with E-state index < -0.39 is 29.7 Å². The maximum Gasteiger partial charge on any atom is 0.416 e. The van der Waals surface area contributed by atoms with Crippen molar-refractivity contribution in [3.63, 3.8) is 0 Å². The number of carbonyl (C=O) groups is 2. The van der Waals surface area contributed by atoms with Crippen LogP contribution in [0.1, 0.15) is 16.7 Å². The van der Waals surface area contributed by atoms with Gasteiger partial charge in [0.05, 0.1) is 12.2 Å². The molecular weight excluding hydrogens is 363 g/mol. The van der Waals surface area contributed by atoms with E-state index in [-0.39, 0.29) is 19.6 Å². The molecule has 2 aromatic rings. The molecule has 5 nitrogen and oxygen atoms in total. The Kier molecular flexibility index (Phi) is 6.95. The number of aliphatic carboxylic acids is 1. The van der Waals surface area contributed by atoms with Crippen LogP contribution in [0.2, 0.25) is 0 Å². The molecule has 2 N–H and O–H groups in total. The lowest BCUT2D eigenvalue weighted by Crippen LogP contribution is -2.43. The molecular formula is C19H18F3NO4. The van der Waals surface area contributed by atoms with Crippen molar-refractivity contribution in [1.29, 1.82) is 0 Å². The summed E-state index contributed by atoms with van der Waals surface area (Å²) in [7, 11) is 0. The van der Waals surface area contributed by atoms with Crippen LogP contribution in [0.15, 0.2) is 54.6 Å². The third-order valence-electron chi connectivity index (χ3n) is 3.70. The van der Waals surface area contributed by atoms with E-state index in [0.717, 1.165) is 17.7 Å². The van der Waals surface area contributed by atoms with Crippen LogP contribution in [0.25, 0.3) is 0 Å². The summed E-state index contributed by atoms with van der Waals surface area (Å²) >= 11 is 0. The highest BCUT2D eigenvalue weighted by molar-refractivity contribution is 5.84. The van der Waals surface area contributed by atoms with Crippen LogP contribution in [0.3, 0.4) is 0 Å². The number of ether oxygens (including phenoxy) is 1. The van der Waals surface area contributed by atoms with Crippen molar-refractivity contribution in [3.8, 4) is 0 Å². The van der Waals surface area contributed by atoms with E-state index in [1.807, 2.05) is 30.3 Å². The van der Waals surface area contributed by atoms with Gasteiger partial charge in [-0.2, -0.15) is 13.2 Å². The third kappa shape index (κ3) is 6.74. The number of alkyl halides is 3. The summed E-state index contributed by atoms with van der Waals surface area (Å²) in [5.74, 6) is -1.91. The minimum Gasteiger partial charge on any atom is -0.480 e. The number of nitrogens with one attached hydrogen (secondary N) is 1. The van der Waals surface area contributed by atoms with E-state index in [9.17, 15) is 27.9 Å². The van der Waals surface area contributed by atoms with Crippen LogP contribution in [0.4, 0.5) is 13.2 Å². The van der Waals surface area contributed by atoms with Gasteiger partial charge in [0.15, 0.2) is 0 Å². The van der Waals surface area contributed by atoms with Gasteiger partial charge in [0.1, 0.15) is 12.6 Å². The molecule has 8 heteroatoms. The zero-order valence-corrected chi connectivity index (χ0v) is 14.2. The standard InChI is InChI=1S/C19H18F3NO4/c20-19(21,22)15-8-6-13(7-9-15)10-16(18(25)26)23-17(24)12-27-11-14-4-2-1-3-5-14/h1-9,16H,10-12H2,(H,23,24)(H,25,26)/t16-/m1/s1. The van der Waals surface area contributed by atoms with Gasteiger partial charge < -0.3 is 15.2 Å². The van der Waals surface area contributed by atoms with Gasteiger partial charge in [-0.05, 0) is 23.3 Å². The molecule has 2 aromatic carbocycles. The number of halogens is 3. The van der Waals surface area contributed by atoms with Crippen LogP contribution in [0, 0.1) is 0 Å². The Morgan fingerprint density at radius 1 is 1.00 bits per heavy atom. The molecule has 2 rings (SSSR count). The number of carbonyl (C=O) groups excluding carboxylic acids is 1. The molecule has 0 aliphatic carbocycles. The highest BCUT2D eigenvalue weighted by atomic mass is 19.4. The summed E-state index contributed by atoms with van der Waals surface area (Å²) < 4.78 is 42.9. The van der Waals surface area contributed by atoms with Crippen LogP contribution < -0.4 is 5.32 Å². The fourth-order valence-electron chi connectivity index (χ4n) is 2.34. The van der Waals surface area contributed by atoms with Gasteiger partial charge in [0.25, 0.3) is 0 Å². The Bertz CT molecular complexity index is 761. The van der Waals surface area contributed by atoms with E-state index >= 15 is 0 Å². The molecule has 0 radical (unpaired) electrons. The minimum absolute atomic E-state index is 0.141. The molecule has 0 saturated carbocycles. The van der Waals surface area contributed by atoms with E-state index in [1.54, 1.807) is 0 Å². The quantitative estimate of drug-likeness (QED) is 0.737. The number of amides is 1. The van der Waals surface area contributed by atoms with E-state index in [0.29, 0.717) is 5.56 Å². The highest BCUT2D eigenvalue weighted by Crippen LogP contribution is 2.29. The smallest absolute Gasteiger partial charge is 0.416 e. The maximum atomic E-state index is 12.6. The third-order valence-corrected chi connectivity index (χ3v) is 3.70. The first-order valence-electron chi connectivity index (χ1n) is 8.05. The number of hydrogen-bond acceptors (Lipinski definition) is 3. The van der Waals surface area contributed by atoms with Crippen molar-refractivity contribution in [2.75, 3.05) is 6.61 Å². The number of benzene rings is 2. The van der Waals surface area contributed by atoms with Gasteiger partial charge in [-0.25, -0.2) is 4.79 Å². The lowest BCUT2D eigenvalue weighted by molar-refractivity contribution is -0.142. The van der Waals surface area contributed by atoms with Crippen molar-refractivity contribution in [2.45, 2.75) is 25.2 Å². The summed E-state index contributed by atoms with van der Waals surface area (Å²) in [6.45, 7) is -0.128. The van der Waals surface area contributed by atoms with Gasteiger partial charge in [0.2, 0.25) is 5.91 Å². The van der Waals surface area contributed by atoms with E-state index in [2.05, 4.69) is 5.32 Å². The molecule has 144 valence electrons. The minimum atomic E-state index is -4.46. The monoisotopic (exact) mass is 381 g/mol. The van der Waals surface area contributed by atoms with Crippen LogP contribution in [0.5, 0.6) is 0 Å². The van der Waals surface area contributed by atoms with Crippen LogP contribution in [-0.2, 0) is 33.5 Å². The van der Waals surface area contributed by atoms with Gasteiger partial charge in [-0.3, -0.25) is 4.79 Å². The Morgan fingerprint density at radius 3 is 2.19 bits per heavy atom. The van der Waals surface area contributed by atoms with Gasteiger partial charge >= 0.3 is 12.1 Å². The summed E-state index contributed by atoms with van der Waals surface area (Å²) in [5, 5.41) is 11.5. The van der Waals surface area contributed by atoms with Crippen molar-refractivity contribution in [1.82, 2.24) is 5.32 Å². The molecule has 0 saturated heterocycles. The summed E-state index contributed by atoms with van der Waals surface area (Å²) in [4.78, 5) is 23.2. The van der Waals surface area contributed by atoms with Crippen LogP contribution >= 0.6 is 0 Å². The average Bonchev–Trinajstić information content (AvgIpc) is 2.61. The molecule has 1 atom stereocenters. The second-order valence-electron chi connectivity index (χ2n) is 5.84. The van der Waals surface area contributed by atoms with Crippen LogP contribution in [-0.4, -0.2) is 29.6 Å². The first-order chi connectivity index (χ1) is 12.8. The molecule has 0 spiro atoms. The number of rotatable bonds is 8. The summed E-state index contributed by atoms with van der Waals surface area (Å²) in [6.07, 6.45) is -4.60. The fourth-order valence-corrected chi connectivity index (χ4v) is 2.34. The summed E-state index contributed by atoms with van der Waals surface area (Å²) in [5.41, 5.74) is 0.405. The van der Waals surface area contributed by atoms with Crippen molar-refractivity contribution < 1.29 is 32.6 Å². The first-order valence-corrected chi connectivity index (χ1v) is 8.05. The Balaban J connectivity index is 1.87. The SMILES string of the molecule is O=C(COCc1ccccc1)N[C@H](Cc1ccc(C(F)(F)F)cc1)C(=O)O. The normalized spacial score (nSPS) is 12.4. The molecule has 0 bridgehead atoms. The molecule has 0 fully saturated rings. The van der Waals surface area contributed by atoms with Gasteiger partial charge in [0, 0.05) is 6.42 Å². The lowest BCUT2D eigenvalue weighted by Gasteiger charge is -2.15. The molecule has 0 aromatic heterocycles. The maximum absolute atomic E-state index is 12.6. The van der Waals surface area contributed by atoms with Gasteiger partial charge in [-0.1, -0.05) is 42.5 Å².